The summed E-state index contributed by atoms with van der Waals surface area (Å²) < 4.78 is 18.5. The van der Waals surface area contributed by atoms with Crippen molar-refractivity contribution in [1.82, 2.24) is 4.98 Å². The minimum absolute atomic E-state index is 0.138. The van der Waals surface area contributed by atoms with Crippen molar-refractivity contribution in [3.63, 3.8) is 0 Å². The summed E-state index contributed by atoms with van der Waals surface area (Å²) in [6.45, 7) is 2.58. The molecule has 1 heterocycles. The van der Waals surface area contributed by atoms with Crippen LogP contribution in [0, 0.1) is 17.1 Å². The number of pyridine rings is 1. The second kappa shape index (κ2) is 4.88. The molecule has 0 aliphatic rings. The van der Waals surface area contributed by atoms with Crippen LogP contribution in [-0.4, -0.2) is 18.6 Å². The summed E-state index contributed by atoms with van der Waals surface area (Å²) in [5, 5.41) is 12.8. The van der Waals surface area contributed by atoms with Gasteiger partial charge in [0, 0.05) is 24.2 Å². The fourth-order valence-corrected chi connectivity index (χ4v) is 1.80. The van der Waals surface area contributed by atoms with E-state index in [0.717, 1.165) is 0 Å². The predicted molar refractivity (Wildman–Crippen MR) is 67.1 cm³/mol. The van der Waals surface area contributed by atoms with Crippen LogP contribution in [0.4, 0.5) is 10.1 Å². The number of hydrogen-bond donors (Lipinski definition) is 1. The van der Waals surface area contributed by atoms with Gasteiger partial charge in [0.2, 0.25) is 0 Å². The highest BCUT2D eigenvalue weighted by Gasteiger charge is 2.12. The molecule has 0 aliphatic heterocycles. The van der Waals surface area contributed by atoms with E-state index < -0.39 is 5.82 Å². The maximum Gasteiger partial charge on any atom is 0.167 e. The molecule has 0 spiro atoms. The summed E-state index contributed by atoms with van der Waals surface area (Å²) in [6.07, 6.45) is 1.44. The fourth-order valence-electron chi connectivity index (χ4n) is 1.80. The molecule has 2 rings (SSSR count). The molecule has 1 aromatic heterocycles. The van der Waals surface area contributed by atoms with Gasteiger partial charge in [0.25, 0.3) is 0 Å². The molecule has 2 aromatic rings. The lowest BCUT2D eigenvalue weighted by atomic mass is 10.1. The van der Waals surface area contributed by atoms with Gasteiger partial charge in [-0.3, -0.25) is 4.98 Å². The summed E-state index contributed by atoms with van der Waals surface area (Å²) >= 11 is 0. The van der Waals surface area contributed by atoms with Gasteiger partial charge in [0.1, 0.15) is 6.07 Å². The van der Waals surface area contributed by atoms with Crippen LogP contribution in [0.1, 0.15) is 12.5 Å². The van der Waals surface area contributed by atoms with Gasteiger partial charge in [-0.25, -0.2) is 4.39 Å². The summed E-state index contributed by atoms with van der Waals surface area (Å²) in [4.78, 5) is 4.07. The number of nitrogens with zero attached hydrogens (tertiary/aromatic N) is 2. The molecule has 0 amide bonds. The lowest BCUT2D eigenvalue weighted by molar-refractivity contribution is 0.387. The van der Waals surface area contributed by atoms with Crippen LogP contribution < -0.4 is 10.1 Å². The van der Waals surface area contributed by atoms with Crippen LogP contribution in [0.15, 0.2) is 18.3 Å². The molecule has 1 N–H and O–H groups in total. The largest absolute Gasteiger partial charge is 0.494 e. The SMILES string of the molecule is CCNc1c(C#N)cnc2cc(F)c(OC)cc12. The first-order valence-corrected chi connectivity index (χ1v) is 5.51. The summed E-state index contributed by atoms with van der Waals surface area (Å²) in [5.41, 5.74) is 1.57. The minimum atomic E-state index is -0.468. The number of aromatic nitrogens is 1. The van der Waals surface area contributed by atoms with Gasteiger partial charge in [-0.2, -0.15) is 5.26 Å². The number of nitrogens with one attached hydrogen (secondary N) is 1. The number of ether oxygens (including phenoxy) is 1. The summed E-state index contributed by atoms with van der Waals surface area (Å²) in [6, 6.07) is 4.92. The molecule has 0 atom stereocenters. The van der Waals surface area contributed by atoms with E-state index in [1.807, 2.05) is 6.92 Å². The first-order valence-electron chi connectivity index (χ1n) is 5.51. The molecule has 0 unspecified atom stereocenters. The quantitative estimate of drug-likeness (QED) is 0.903. The third kappa shape index (κ3) is 1.93. The fraction of sp³-hybridized carbons (Fsp3) is 0.231. The van der Waals surface area contributed by atoms with Gasteiger partial charge in [0.05, 0.1) is 23.9 Å². The number of benzene rings is 1. The van der Waals surface area contributed by atoms with Crippen molar-refractivity contribution in [2.75, 3.05) is 19.0 Å². The molecule has 1 aromatic carbocycles. The standard InChI is InChI=1S/C13H12FN3O/c1-3-16-13-8(6-15)7-17-11-5-10(14)12(18-2)4-9(11)13/h4-5,7H,3H2,1-2H3,(H,16,17). The van der Waals surface area contributed by atoms with Crippen LogP contribution in [0.25, 0.3) is 10.9 Å². The zero-order valence-electron chi connectivity index (χ0n) is 10.1. The number of hydrogen-bond acceptors (Lipinski definition) is 4. The molecule has 18 heavy (non-hydrogen) atoms. The normalized spacial score (nSPS) is 10.1. The Kier molecular flexibility index (Phi) is 3.28. The second-order valence-electron chi connectivity index (χ2n) is 3.69. The Morgan fingerprint density at radius 2 is 2.28 bits per heavy atom. The van der Waals surface area contributed by atoms with Crippen molar-refractivity contribution in [1.29, 1.82) is 5.26 Å². The van der Waals surface area contributed by atoms with Crippen molar-refractivity contribution in [2.24, 2.45) is 0 Å². The molecular weight excluding hydrogens is 233 g/mol. The Morgan fingerprint density at radius 3 is 2.89 bits per heavy atom. The van der Waals surface area contributed by atoms with Gasteiger partial charge in [-0.1, -0.05) is 0 Å². The van der Waals surface area contributed by atoms with Gasteiger partial charge < -0.3 is 10.1 Å². The van der Waals surface area contributed by atoms with Crippen molar-refractivity contribution in [3.8, 4) is 11.8 Å². The lowest BCUT2D eigenvalue weighted by Crippen LogP contribution is -2.02. The number of nitriles is 1. The smallest absolute Gasteiger partial charge is 0.167 e. The number of halogens is 1. The van der Waals surface area contributed by atoms with E-state index in [4.69, 9.17) is 10.00 Å². The van der Waals surface area contributed by atoms with Gasteiger partial charge in [-0.05, 0) is 13.0 Å². The highest BCUT2D eigenvalue weighted by atomic mass is 19.1. The van der Waals surface area contributed by atoms with Crippen LogP contribution in [0.3, 0.4) is 0 Å². The average Bonchev–Trinajstić information content (AvgIpc) is 2.38. The van der Waals surface area contributed by atoms with Gasteiger partial charge in [0.15, 0.2) is 11.6 Å². The number of rotatable bonds is 3. The van der Waals surface area contributed by atoms with Gasteiger partial charge in [-0.15, -0.1) is 0 Å². The van der Waals surface area contributed by atoms with Crippen molar-refractivity contribution >= 4 is 16.6 Å². The molecule has 0 saturated carbocycles. The van der Waals surface area contributed by atoms with Crippen LogP contribution in [0.2, 0.25) is 0 Å². The first-order chi connectivity index (χ1) is 8.71. The maximum absolute atomic E-state index is 13.6. The van der Waals surface area contributed by atoms with E-state index in [1.165, 1.54) is 19.4 Å². The third-order valence-electron chi connectivity index (χ3n) is 2.62. The molecule has 92 valence electrons. The highest BCUT2D eigenvalue weighted by molar-refractivity contribution is 5.94. The molecule has 0 radical (unpaired) electrons. The number of methoxy groups -OCH3 is 1. The Morgan fingerprint density at radius 1 is 1.50 bits per heavy atom. The number of fused-ring (bicyclic) bond motifs is 1. The molecule has 5 heteroatoms. The van der Waals surface area contributed by atoms with E-state index in [9.17, 15) is 4.39 Å². The monoisotopic (exact) mass is 245 g/mol. The van der Waals surface area contributed by atoms with E-state index in [2.05, 4.69) is 16.4 Å². The van der Waals surface area contributed by atoms with Crippen molar-refractivity contribution in [3.05, 3.63) is 29.7 Å². The minimum Gasteiger partial charge on any atom is -0.494 e. The van der Waals surface area contributed by atoms with Crippen LogP contribution >= 0.6 is 0 Å². The van der Waals surface area contributed by atoms with E-state index in [1.54, 1.807) is 6.07 Å². The van der Waals surface area contributed by atoms with Crippen LogP contribution in [-0.2, 0) is 0 Å². The van der Waals surface area contributed by atoms with Gasteiger partial charge >= 0.3 is 0 Å². The topological polar surface area (TPSA) is 57.9 Å². The van der Waals surface area contributed by atoms with E-state index >= 15 is 0 Å². The third-order valence-corrected chi connectivity index (χ3v) is 2.62. The molecule has 0 saturated heterocycles. The summed E-state index contributed by atoms with van der Waals surface area (Å²) in [7, 11) is 1.40. The molecule has 0 fully saturated rings. The molecule has 0 bridgehead atoms. The summed E-state index contributed by atoms with van der Waals surface area (Å²) in [5.74, 6) is -0.330. The first kappa shape index (κ1) is 12.1. The molecule has 4 nitrogen and oxygen atoms in total. The van der Waals surface area contributed by atoms with E-state index in [-0.39, 0.29) is 5.75 Å². The average molecular weight is 245 g/mol. The Labute approximate surface area is 104 Å². The number of anilines is 1. The van der Waals surface area contributed by atoms with Crippen molar-refractivity contribution in [2.45, 2.75) is 6.92 Å². The Hall–Kier alpha value is -2.35. The lowest BCUT2D eigenvalue weighted by Gasteiger charge is -2.11. The Balaban J connectivity index is 2.78. The predicted octanol–water partition coefficient (Wildman–Crippen LogP) is 2.69. The zero-order chi connectivity index (χ0) is 13.1. The zero-order valence-corrected chi connectivity index (χ0v) is 10.1. The molecular formula is C13H12FN3O. The second-order valence-corrected chi connectivity index (χ2v) is 3.69. The molecule has 0 aliphatic carbocycles. The Bertz CT molecular complexity index is 634. The van der Waals surface area contributed by atoms with Crippen LogP contribution in [0.5, 0.6) is 5.75 Å². The highest BCUT2D eigenvalue weighted by Crippen LogP contribution is 2.30. The van der Waals surface area contributed by atoms with E-state index in [0.29, 0.717) is 28.7 Å². The van der Waals surface area contributed by atoms with Crippen molar-refractivity contribution < 1.29 is 9.13 Å². The maximum atomic E-state index is 13.6.